The number of amides is 3. The van der Waals surface area contributed by atoms with Crippen molar-refractivity contribution in [1.82, 2.24) is 10.3 Å². The van der Waals surface area contributed by atoms with Gasteiger partial charge in [0.15, 0.2) is 4.34 Å². The number of hydrogen-bond acceptors (Lipinski definition) is 7. The summed E-state index contributed by atoms with van der Waals surface area (Å²) in [7, 11) is 0. The van der Waals surface area contributed by atoms with E-state index in [4.69, 9.17) is 4.42 Å². The average molecular weight is 456 g/mol. The van der Waals surface area contributed by atoms with E-state index >= 15 is 0 Å². The number of rotatable bonds is 6. The van der Waals surface area contributed by atoms with Crippen LogP contribution in [-0.2, 0) is 20.9 Å². The number of benzene rings is 1. The minimum Gasteiger partial charge on any atom is -0.467 e. The van der Waals surface area contributed by atoms with Crippen LogP contribution < -0.4 is 10.2 Å². The lowest BCUT2D eigenvalue weighted by Crippen LogP contribution is -2.30. The fourth-order valence-corrected chi connectivity index (χ4v) is 6.22. The lowest BCUT2D eigenvalue weighted by Gasteiger charge is -2.19. The summed E-state index contributed by atoms with van der Waals surface area (Å²) >= 11 is 2.82. The molecule has 2 aliphatic rings. The van der Waals surface area contributed by atoms with E-state index in [9.17, 15) is 14.4 Å². The normalized spacial score (nSPS) is 21.0. The number of carbonyl (C=O) groups is 3. The summed E-state index contributed by atoms with van der Waals surface area (Å²) < 4.78 is 6.87. The fraction of sp³-hybridized carbons (Fsp3) is 0.364. The van der Waals surface area contributed by atoms with E-state index in [2.05, 4.69) is 10.3 Å². The van der Waals surface area contributed by atoms with Crippen LogP contribution in [-0.4, -0.2) is 28.5 Å². The van der Waals surface area contributed by atoms with Crippen molar-refractivity contribution in [2.24, 2.45) is 11.8 Å². The second-order valence-electron chi connectivity index (χ2n) is 7.79. The fourth-order valence-electron chi connectivity index (χ4n) is 4.29. The van der Waals surface area contributed by atoms with Crippen LogP contribution in [0.4, 0.5) is 5.69 Å². The molecule has 0 bridgehead atoms. The van der Waals surface area contributed by atoms with Crippen molar-refractivity contribution in [1.29, 1.82) is 0 Å². The van der Waals surface area contributed by atoms with Gasteiger partial charge in [-0.25, -0.2) is 4.98 Å². The zero-order valence-electron chi connectivity index (χ0n) is 16.7. The van der Waals surface area contributed by atoms with Crippen molar-refractivity contribution in [3.8, 4) is 0 Å². The highest BCUT2D eigenvalue weighted by Gasteiger charge is 2.48. The van der Waals surface area contributed by atoms with Gasteiger partial charge in [0, 0.05) is 0 Å². The molecule has 0 radical (unpaired) electrons. The quantitative estimate of drug-likeness (QED) is 0.447. The van der Waals surface area contributed by atoms with E-state index in [1.165, 1.54) is 28.0 Å². The Kier molecular flexibility index (Phi) is 5.54. The summed E-state index contributed by atoms with van der Waals surface area (Å²) in [5, 5.41) is 2.81. The first-order valence-corrected chi connectivity index (χ1v) is 12.1. The molecule has 1 aliphatic heterocycles. The number of thiazole rings is 1. The Morgan fingerprint density at radius 1 is 1.19 bits per heavy atom. The highest BCUT2D eigenvalue weighted by atomic mass is 32.2. The van der Waals surface area contributed by atoms with Crippen LogP contribution in [0.2, 0.25) is 0 Å². The van der Waals surface area contributed by atoms with Crippen LogP contribution >= 0.6 is 23.1 Å². The molecular weight excluding hydrogens is 434 g/mol. The molecule has 1 N–H and O–H groups in total. The number of furan rings is 1. The molecule has 3 amide bonds. The van der Waals surface area contributed by atoms with Gasteiger partial charge in [-0.3, -0.25) is 19.3 Å². The molecule has 2 atom stereocenters. The molecule has 160 valence electrons. The number of aromatic nitrogens is 1. The molecule has 2 fully saturated rings. The van der Waals surface area contributed by atoms with Gasteiger partial charge >= 0.3 is 0 Å². The van der Waals surface area contributed by atoms with E-state index in [0.717, 1.165) is 40.2 Å². The molecule has 9 heteroatoms. The maximum atomic E-state index is 12.9. The minimum absolute atomic E-state index is 0.0682. The molecule has 1 saturated heterocycles. The maximum absolute atomic E-state index is 12.9. The Bertz CT molecular complexity index is 1120. The first kappa shape index (κ1) is 20.3. The molecule has 1 aromatic carbocycles. The molecule has 7 nitrogen and oxygen atoms in total. The summed E-state index contributed by atoms with van der Waals surface area (Å²) in [6, 6.07) is 9.08. The Morgan fingerprint density at radius 3 is 2.68 bits per heavy atom. The van der Waals surface area contributed by atoms with Crippen molar-refractivity contribution in [3.05, 3.63) is 42.4 Å². The third-order valence-corrected chi connectivity index (χ3v) is 7.98. The first-order valence-electron chi connectivity index (χ1n) is 10.3. The Morgan fingerprint density at radius 2 is 1.97 bits per heavy atom. The van der Waals surface area contributed by atoms with E-state index in [1.807, 2.05) is 18.2 Å². The monoisotopic (exact) mass is 455 g/mol. The lowest BCUT2D eigenvalue weighted by molar-refractivity contribution is -0.122. The number of fused-ring (bicyclic) bond motifs is 2. The van der Waals surface area contributed by atoms with E-state index in [-0.39, 0.29) is 35.3 Å². The molecule has 1 aliphatic carbocycles. The number of carbonyl (C=O) groups excluding carboxylic acids is 3. The number of anilines is 1. The van der Waals surface area contributed by atoms with Crippen LogP contribution in [0.1, 0.15) is 31.4 Å². The second kappa shape index (κ2) is 8.47. The summed E-state index contributed by atoms with van der Waals surface area (Å²) in [6.07, 6.45) is 5.20. The molecular formula is C22H21N3O4S2. The van der Waals surface area contributed by atoms with Crippen LogP contribution in [0.3, 0.4) is 0 Å². The zero-order chi connectivity index (χ0) is 21.4. The van der Waals surface area contributed by atoms with Crippen molar-refractivity contribution in [2.45, 2.75) is 36.6 Å². The van der Waals surface area contributed by atoms with Gasteiger partial charge in [-0.1, -0.05) is 24.6 Å². The van der Waals surface area contributed by atoms with Gasteiger partial charge < -0.3 is 9.73 Å². The largest absolute Gasteiger partial charge is 0.467 e. The summed E-state index contributed by atoms with van der Waals surface area (Å²) in [4.78, 5) is 43.7. The van der Waals surface area contributed by atoms with E-state index in [0.29, 0.717) is 18.0 Å². The van der Waals surface area contributed by atoms with Crippen LogP contribution in [0.25, 0.3) is 10.2 Å². The molecule has 0 unspecified atom stereocenters. The van der Waals surface area contributed by atoms with Gasteiger partial charge in [0.25, 0.3) is 0 Å². The summed E-state index contributed by atoms with van der Waals surface area (Å²) in [5.74, 6) is 0.393. The zero-order valence-corrected chi connectivity index (χ0v) is 18.3. The van der Waals surface area contributed by atoms with Gasteiger partial charge in [-0.05, 0) is 43.2 Å². The number of nitrogens with zero attached hydrogens (tertiary/aromatic N) is 2. The lowest BCUT2D eigenvalue weighted by atomic mass is 9.81. The topological polar surface area (TPSA) is 92.5 Å². The predicted octanol–water partition coefficient (Wildman–Crippen LogP) is 3.98. The van der Waals surface area contributed by atoms with Gasteiger partial charge in [-0.15, -0.1) is 11.3 Å². The van der Waals surface area contributed by atoms with Crippen molar-refractivity contribution in [2.75, 3.05) is 10.7 Å². The van der Waals surface area contributed by atoms with Gasteiger partial charge in [0.05, 0.1) is 46.3 Å². The smallest absolute Gasteiger partial charge is 0.237 e. The molecule has 3 heterocycles. The third kappa shape index (κ3) is 3.99. The molecule has 3 aromatic rings. The van der Waals surface area contributed by atoms with Crippen LogP contribution in [0.5, 0.6) is 0 Å². The average Bonchev–Trinajstić information content (AvgIpc) is 3.50. The van der Waals surface area contributed by atoms with Gasteiger partial charge in [0.2, 0.25) is 17.7 Å². The van der Waals surface area contributed by atoms with Crippen molar-refractivity contribution in [3.63, 3.8) is 0 Å². The van der Waals surface area contributed by atoms with Crippen molar-refractivity contribution >= 4 is 56.7 Å². The SMILES string of the molecule is O=C(CSc1nc2ccc(N3C(=O)[C@@H]4CCCC[C@H]4C3=O)cc2s1)NCc1ccco1. The maximum Gasteiger partial charge on any atom is 0.237 e. The number of imide groups is 1. The highest BCUT2D eigenvalue weighted by Crippen LogP contribution is 2.41. The Balaban J connectivity index is 1.26. The van der Waals surface area contributed by atoms with Crippen molar-refractivity contribution < 1.29 is 18.8 Å². The first-order chi connectivity index (χ1) is 15.1. The minimum atomic E-state index is -0.163. The third-order valence-electron chi connectivity index (χ3n) is 5.82. The summed E-state index contributed by atoms with van der Waals surface area (Å²) in [5.41, 5.74) is 1.41. The van der Waals surface area contributed by atoms with E-state index < -0.39 is 0 Å². The molecule has 5 rings (SSSR count). The van der Waals surface area contributed by atoms with Gasteiger partial charge in [-0.2, -0.15) is 0 Å². The highest BCUT2D eigenvalue weighted by molar-refractivity contribution is 8.01. The van der Waals surface area contributed by atoms with E-state index in [1.54, 1.807) is 18.4 Å². The Labute approximate surface area is 187 Å². The Hall–Kier alpha value is -2.65. The second-order valence-corrected chi connectivity index (χ2v) is 10.0. The van der Waals surface area contributed by atoms with Crippen LogP contribution in [0, 0.1) is 11.8 Å². The summed E-state index contributed by atoms with van der Waals surface area (Å²) in [6.45, 7) is 0.357. The molecule has 31 heavy (non-hydrogen) atoms. The molecule has 1 saturated carbocycles. The predicted molar refractivity (Wildman–Crippen MR) is 119 cm³/mol. The standard InChI is InChI=1S/C22H21N3O4S2/c26-19(23-11-14-4-3-9-29-14)12-30-22-24-17-8-7-13(10-18(17)31-22)25-20(27)15-5-1-2-6-16(15)21(25)28/h3-4,7-10,15-16H,1-2,5-6,11-12H2,(H,23,26)/t15-,16-/m1/s1. The number of nitrogens with one attached hydrogen (secondary N) is 1. The van der Waals surface area contributed by atoms with Crippen LogP contribution in [0.15, 0.2) is 45.4 Å². The number of thioether (sulfide) groups is 1. The molecule has 0 spiro atoms. The molecule has 2 aromatic heterocycles. The van der Waals surface area contributed by atoms with Gasteiger partial charge in [0.1, 0.15) is 5.76 Å². The number of hydrogen-bond donors (Lipinski definition) is 1.